The number of nitrogens with zero attached hydrogens (tertiary/aromatic N) is 1. The smallest absolute Gasteiger partial charge is 0.422 e. The highest BCUT2D eigenvalue weighted by atomic mass is 32.2. The minimum atomic E-state index is -4.57. The summed E-state index contributed by atoms with van der Waals surface area (Å²) < 4.78 is 75.2. The lowest BCUT2D eigenvalue weighted by atomic mass is 10.2. The van der Waals surface area contributed by atoms with Crippen molar-refractivity contribution in [1.29, 1.82) is 0 Å². The van der Waals surface area contributed by atoms with Gasteiger partial charge in [0.15, 0.2) is 6.61 Å². The van der Waals surface area contributed by atoms with Crippen LogP contribution in [0.1, 0.15) is 32.6 Å². The number of carbonyl (C=O) groups excluding carboxylic acids is 1. The second-order valence-corrected chi connectivity index (χ2v) is 9.60. The Bertz CT molecular complexity index is 857. The van der Waals surface area contributed by atoms with Gasteiger partial charge in [-0.1, -0.05) is 12.8 Å². The van der Waals surface area contributed by atoms with Gasteiger partial charge in [0.05, 0.1) is 23.7 Å². The van der Waals surface area contributed by atoms with Crippen LogP contribution in [0, 0.1) is 0 Å². The van der Waals surface area contributed by atoms with Crippen molar-refractivity contribution in [3.63, 3.8) is 0 Å². The second-order valence-electron chi connectivity index (χ2n) is 7.66. The number of amides is 1. The molecule has 0 saturated carbocycles. The number of carbonyl (C=O) groups is 1. The van der Waals surface area contributed by atoms with E-state index in [0.29, 0.717) is 13.1 Å². The summed E-state index contributed by atoms with van der Waals surface area (Å²) in [6.45, 7) is 0.956. The van der Waals surface area contributed by atoms with E-state index < -0.39 is 28.7 Å². The Kier molecular flexibility index (Phi) is 9.59. The summed E-state index contributed by atoms with van der Waals surface area (Å²) in [6, 6.07) is 3.32. The Morgan fingerprint density at radius 3 is 2.44 bits per heavy atom. The number of anilines is 1. The first-order valence-electron chi connectivity index (χ1n) is 10.4. The minimum absolute atomic E-state index is 0.0142. The van der Waals surface area contributed by atoms with Crippen LogP contribution in [0.5, 0.6) is 5.75 Å². The van der Waals surface area contributed by atoms with Crippen molar-refractivity contribution in [3.8, 4) is 5.75 Å². The minimum Gasteiger partial charge on any atom is -0.482 e. The van der Waals surface area contributed by atoms with Crippen molar-refractivity contribution < 1.29 is 35.9 Å². The highest BCUT2D eigenvalue weighted by molar-refractivity contribution is 7.89. The Balaban J connectivity index is 2.23. The quantitative estimate of drug-likeness (QED) is 0.534. The molecule has 2 rings (SSSR count). The highest BCUT2D eigenvalue weighted by Crippen LogP contribution is 2.31. The third-order valence-electron chi connectivity index (χ3n) is 4.81. The van der Waals surface area contributed by atoms with E-state index in [-0.39, 0.29) is 35.5 Å². The van der Waals surface area contributed by atoms with E-state index in [1.54, 1.807) is 6.92 Å². The lowest BCUT2D eigenvalue weighted by Gasteiger charge is -2.21. The van der Waals surface area contributed by atoms with Gasteiger partial charge >= 0.3 is 6.18 Å². The van der Waals surface area contributed by atoms with Gasteiger partial charge in [-0.25, -0.2) is 8.42 Å². The lowest BCUT2D eigenvalue weighted by molar-refractivity contribution is -0.153. The number of benzene rings is 1. The summed E-state index contributed by atoms with van der Waals surface area (Å²) in [4.78, 5) is 12.0. The molecule has 0 radical (unpaired) electrons. The number of rotatable bonds is 10. The molecule has 32 heavy (non-hydrogen) atoms. The zero-order valence-electron chi connectivity index (χ0n) is 18.2. The third kappa shape index (κ3) is 8.14. The summed E-state index contributed by atoms with van der Waals surface area (Å²) in [6.07, 6.45) is -1.19. The van der Waals surface area contributed by atoms with Gasteiger partial charge in [-0.2, -0.15) is 17.5 Å². The highest BCUT2D eigenvalue weighted by Gasteiger charge is 2.30. The van der Waals surface area contributed by atoms with Gasteiger partial charge in [-0.15, -0.1) is 0 Å². The molecular formula is C20H30F3N3O5S. The van der Waals surface area contributed by atoms with E-state index in [0.717, 1.165) is 25.7 Å². The van der Waals surface area contributed by atoms with Crippen molar-refractivity contribution in [3.05, 3.63) is 18.2 Å². The van der Waals surface area contributed by atoms with E-state index >= 15 is 0 Å². The Morgan fingerprint density at radius 1 is 1.19 bits per heavy atom. The molecule has 1 aromatic carbocycles. The van der Waals surface area contributed by atoms with Crippen molar-refractivity contribution in [2.24, 2.45) is 0 Å². The second kappa shape index (κ2) is 11.7. The maximum absolute atomic E-state index is 13.1. The molecule has 8 nitrogen and oxygen atoms in total. The Labute approximate surface area is 186 Å². The molecule has 2 N–H and O–H groups in total. The van der Waals surface area contributed by atoms with Crippen LogP contribution in [0.3, 0.4) is 0 Å². The first-order chi connectivity index (χ1) is 15.0. The monoisotopic (exact) mass is 481 g/mol. The predicted octanol–water partition coefficient (Wildman–Crippen LogP) is 2.76. The molecule has 1 unspecified atom stereocenters. The van der Waals surface area contributed by atoms with E-state index in [2.05, 4.69) is 10.6 Å². The van der Waals surface area contributed by atoms with Gasteiger partial charge in [-0.3, -0.25) is 4.79 Å². The van der Waals surface area contributed by atoms with Crippen LogP contribution >= 0.6 is 0 Å². The normalized spacial score (nSPS) is 16.8. The van der Waals surface area contributed by atoms with Crippen LogP contribution in [0.25, 0.3) is 0 Å². The van der Waals surface area contributed by atoms with E-state index in [1.807, 2.05) is 0 Å². The molecule has 0 spiro atoms. The standard InChI is InChI=1S/C20H30F3N3O5S/c1-15(13-30-2)25-19(27)12-24-17-11-16(7-8-18(17)31-14-20(21,22)23)32(28,29)26-9-5-3-4-6-10-26/h7-8,11,15,24H,3-6,9-10,12-14H2,1-2H3,(H,25,27). The number of sulfonamides is 1. The molecule has 1 aliphatic heterocycles. The van der Waals surface area contributed by atoms with Crippen LogP contribution in [0.2, 0.25) is 0 Å². The fourth-order valence-electron chi connectivity index (χ4n) is 3.32. The number of nitrogens with one attached hydrogen (secondary N) is 2. The summed E-state index contributed by atoms with van der Waals surface area (Å²) in [5.74, 6) is -0.632. The molecule has 182 valence electrons. The van der Waals surface area contributed by atoms with Gasteiger partial charge in [0.1, 0.15) is 5.75 Å². The van der Waals surface area contributed by atoms with Gasteiger partial charge in [0.25, 0.3) is 0 Å². The molecule has 1 aromatic rings. The van der Waals surface area contributed by atoms with Gasteiger partial charge < -0.3 is 20.1 Å². The number of halogens is 3. The van der Waals surface area contributed by atoms with Gasteiger partial charge in [0, 0.05) is 26.2 Å². The van der Waals surface area contributed by atoms with E-state index in [1.165, 1.54) is 29.6 Å². The molecule has 0 aliphatic carbocycles. The van der Waals surface area contributed by atoms with Crippen molar-refractivity contribution in [1.82, 2.24) is 9.62 Å². The molecule has 1 aliphatic rings. The van der Waals surface area contributed by atoms with Crippen LogP contribution < -0.4 is 15.4 Å². The van der Waals surface area contributed by atoms with Crippen molar-refractivity contribution >= 4 is 21.6 Å². The fraction of sp³-hybridized carbons (Fsp3) is 0.650. The van der Waals surface area contributed by atoms with Gasteiger partial charge in [-0.05, 0) is 38.0 Å². The summed E-state index contributed by atoms with van der Waals surface area (Å²) in [7, 11) is -2.35. The maximum Gasteiger partial charge on any atom is 0.422 e. The molecule has 1 heterocycles. The fourth-order valence-corrected chi connectivity index (χ4v) is 4.86. The number of ether oxygens (including phenoxy) is 2. The number of hydrogen-bond donors (Lipinski definition) is 2. The van der Waals surface area contributed by atoms with Crippen LogP contribution in [0.4, 0.5) is 18.9 Å². The number of methoxy groups -OCH3 is 1. The summed E-state index contributed by atoms with van der Waals surface area (Å²) >= 11 is 0. The lowest BCUT2D eigenvalue weighted by Crippen LogP contribution is -2.39. The largest absolute Gasteiger partial charge is 0.482 e. The Morgan fingerprint density at radius 2 is 1.84 bits per heavy atom. The first kappa shape index (κ1) is 26.2. The van der Waals surface area contributed by atoms with Crippen molar-refractivity contribution in [2.45, 2.75) is 49.7 Å². The van der Waals surface area contributed by atoms with E-state index in [9.17, 15) is 26.4 Å². The summed E-state index contributed by atoms with van der Waals surface area (Å²) in [5.41, 5.74) is -0.0142. The molecule has 0 bridgehead atoms. The number of hydrogen-bond acceptors (Lipinski definition) is 6. The van der Waals surface area contributed by atoms with Crippen LogP contribution in [-0.4, -0.2) is 70.8 Å². The average Bonchev–Trinajstić information content (AvgIpc) is 3.00. The maximum atomic E-state index is 13.1. The molecule has 1 atom stereocenters. The topological polar surface area (TPSA) is 97.0 Å². The Hall–Kier alpha value is -2.05. The molecule has 1 amide bonds. The van der Waals surface area contributed by atoms with Crippen molar-refractivity contribution in [2.75, 3.05) is 45.3 Å². The molecule has 1 saturated heterocycles. The zero-order valence-corrected chi connectivity index (χ0v) is 19.0. The first-order valence-corrected chi connectivity index (χ1v) is 11.8. The average molecular weight is 482 g/mol. The SMILES string of the molecule is COCC(C)NC(=O)CNc1cc(S(=O)(=O)N2CCCCCC2)ccc1OCC(F)(F)F. The summed E-state index contributed by atoms with van der Waals surface area (Å²) in [5, 5.41) is 5.35. The molecule has 1 fully saturated rings. The molecule has 12 heteroatoms. The number of alkyl halides is 3. The van der Waals surface area contributed by atoms with E-state index in [4.69, 9.17) is 9.47 Å². The molecular weight excluding hydrogens is 451 g/mol. The van der Waals surface area contributed by atoms with Crippen LogP contribution in [0.15, 0.2) is 23.1 Å². The zero-order chi connectivity index (χ0) is 23.8. The van der Waals surface area contributed by atoms with Gasteiger partial charge in [0.2, 0.25) is 15.9 Å². The molecule has 0 aromatic heterocycles. The predicted molar refractivity (Wildman–Crippen MR) is 113 cm³/mol. The van der Waals surface area contributed by atoms with Crippen LogP contribution in [-0.2, 0) is 19.6 Å². The third-order valence-corrected chi connectivity index (χ3v) is 6.70.